The predicted octanol–water partition coefficient (Wildman–Crippen LogP) is 1.94. The van der Waals surface area contributed by atoms with Crippen LogP contribution >= 0.6 is 0 Å². The summed E-state index contributed by atoms with van der Waals surface area (Å²) in [6.45, 7) is 3.81. The minimum absolute atomic E-state index is 0.113. The Labute approximate surface area is 108 Å². The average molecular weight is 275 g/mol. The summed E-state index contributed by atoms with van der Waals surface area (Å²) < 4.78 is 31.6. The first kappa shape index (κ1) is 15.2. The zero-order chi connectivity index (χ0) is 13.6. The summed E-state index contributed by atoms with van der Waals surface area (Å²) in [5.41, 5.74) is 0. The van der Waals surface area contributed by atoms with Gasteiger partial charge in [0.25, 0.3) is 0 Å². The van der Waals surface area contributed by atoms with Crippen LogP contribution in [0.5, 0.6) is 0 Å². The van der Waals surface area contributed by atoms with Crippen LogP contribution < -0.4 is 4.72 Å². The van der Waals surface area contributed by atoms with Crippen LogP contribution in [-0.2, 0) is 16.6 Å². The van der Waals surface area contributed by atoms with E-state index in [2.05, 4.69) is 11.6 Å². The van der Waals surface area contributed by atoms with E-state index in [9.17, 15) is 8.42 Å². The smallest absolute Gasteiger partial charge is 0.244 e. The number of aryl methyl sites for hydroxylation is 1. The van der Waals surface area contributed by atoms with Gasteiger partial charge in [0.1, 0.15) is 23.0 Å². The van der Waals surface area contributed by atoms with Crippen molar-refractivity contribution >= 4 is 10.0 Å². The van der Waals surface area contributed by atoms with Crippen molar-refractivity contribution in [3.8, 4) is 0 Å². The van der Waals surface area contributed by atoms with Crippen molar-refractivity contribution in [2.24, 2.45) is 0 Å². The maximum absolute atomic E-state index is 12.0. The van der Waals surface area contributed by atoms with Crippen molar-refractivity contribution in [3.63, 3.8) is 0 Å². The lowest BCUT2D eigenvalue weighted by atomic mass is 10.2. The molecule has 0 aliphatic rings. The Balaban J connectivity index is 2.60. The zero-order valence-corrected chi connectivity index (χ0v) is 11.7. The lowest BCUT2D eigenvalue weighted by Crippen LogP contribution is -2.25. The average Bonchev–Trinajstić information content (AvgIpc) is 2.71. The molecule has 1 aromatic rings. The Morgan fingerprint density at radius 2 is 2.06 bits per heavy atom. The highest BCUT2D eigenvalue weighted by molar-refractivity contribution is 7.89. The van der Waals surface area contributed by atoms with Gasteiger partial charge in [0, 0.05) is 12.6 Å². The van der Waals surface area contributed by atoms with Gasteiger partial charge in [0.15, 0.2) is 0 Å². The number of furan rings is 1. The normalized spacial score (nSPS) is 11.9. The van der Waals surface area contributed by atoms with Crippen molar-refractivity contribution < 1.29 is 17.9 Å². The third-order valence-electron chi connectivity index (χ3n) is 2.69. The molecule has 0 aliphatic heterocycles. The van der Waals surface area contributed by atoms with Gasteiger partial charge in [0.2, 0.25) is 10.0 Å². The van der Waals surface area contributed by atoms with Gasteiger partial charge in [-0.2, -0.15) is 0 Å². The van der Waals surface area contributed by atoms with Crippen molar-refractivity contribution in [1.82, 2.24) is 4.72 Å². The number of aliphatic hydroxyl groups is 1. The van der Waals surface area contributed by atoms with Crippen LogP contribution in [0.1, 0.15) is 44.1 Å². The van der Waals surface area contributed by atoms with E-state index in [0.29, 0.717) is 12.3 Å². The van der Waals surface area contributed by atoms with Crippen LogP contribution in [0.4, 0.5) is 0 Å². The third-order valence-corrected chi connectivity index (χ3v) is 4.26. The Kier molecular flexibility index (Phi) is 5.84. The van der Waals surface area contributed by atoms with Crippen molar-refractivity contribution in [3.05, 3.63) is 17.6 Å². The van der Waals surface area contributed by atoms with E-state index in [-0.39, 0.29) is 17.3 Å². The molecule has 0 saturated carbocycles. The fraction of sp³-hybridized carbons (Fsp3) is 0.667. The van der Waals surface area contributed by atoms with E-state index in [0.717, 1.165) is 25.7 Å². The van der Waals surface area contributed by atoms with Gasteiger partial charge in [-0.1, -0.05) is 26.2 Å². The minimum atomic E-state index is -3.52. The summed E-state index contributed by atoms with van der Waals surface area (Å²) in [7, 11) is -3.52. The lowest BCUT2D eigenvalue weighted by Gasteiger charge is -2.05. The molecule has 0 saturated heterocycles. The van der Waals surface area contributed by atoms with Gasteiger partial charge in [-0.3, -0.25) is 0 Å². The summed E-state index contributed by atoms with van der Waals surface area (Å²) in [6, 6.07) is 1.36. The first-order chi connectivity index (χ1) is 8.51. The summed E-state index contributed by atoms with van der Waals surface area (Å²) in [5, 5.41) is 8.91. The lowest BCUT2D eigenvalue weighted by molar-refractivity contribution is 0.244. The molecule has 1 heterocycles. The number of rotatable bonds is 8. The topological polar surface area (TPSA) is 79.5 Å². The number of nitrogens with one attached hydrogen (secondary N) is 1. The van der Waals surface area contributed by atoms with E-state index in [1.165, 1.54) is 6.07 Å². The van der Waals surface area contributed by atoms with Gasteiger partial charge < -0.3 is 9.52 Å². The predicted molar refractivity (Wildman–Crippen MR) is 68.7 cm³/mol. The molecular formula is C12H21NO4S. The molecule has 1 rings (SSSR count). The number of unbranched alkanes of at least 4 members (excludes halogenated alkanes) is 3. The Morgan fingerprint density at radius 1 is 1.33 bits per heavy atom. The van der Waals surface area contributed by atoms with Crippen LogP contribution in [0.25, 0.3) is 0 Å². The molecule has 0 bridgehead atoms. The summed E-state index contributed by atoms with van der Waals surface area (Å²) in [5.74, 6) is 0.568. The maximum Gasteiger partial charge on any atom is 0.244 e. The van der Waals surface area contributed by atoms with Crippen LogP contribution in [0, 0.1) is 6.92 Å². The van der Waals surface area contributed by atoms with E-state index in [1.54, 1.807) is 6.92 Å². The molecular weight excluding hydrogens is 254 g/mol. The van der Waals surface area contributed by atoms with Gasteiger partial charge in [-0.25, -0.2) is 13.1 Å². The number of sulfonamides is 1. The highest BCUT2D eigenvalue weighted by Gasteiger charge is 2.20. The summed E-state index contributed by atoms with van der Waals surface area (Å²) >= 11 is 0. The molecule has 0 unspecified atom stereocenters. The second kappa shape index (κ2) is 6.92. The molecule has 0 atom stereocenters. The summed E-state index contributed by atoms with van der Waals surface area (Å²) in [6.07, 6.45) is 4.08. The molecule has 0 fully saturated rings. The van der Waals surface area contributed by atoms with E-state index in [4.69, 9.17) is 9.52 Å². The van der Waals surface area contributed by atoms with Crippen LogP contribution in [0.2, 0.25) is 0 Å². The summed E-state index contributed by atoms with van der Waals surface area (Å²) in [4.78, 5) is 0.113. The Morgan fingerprint density at radius 3 is 2.61 bits per heavy atom. The second-order valence-corrected chi connectivity index (χ2v) is 5.99. The fourth-order valence-corrected chi connectivity index (χ4v) is 2.98. The van der Waals surface area contributed by atoms with E-state index >= 15 is 0 Å². The number of hydrogen-bond acceptors (Lipinski definition) is 4. The van der Waals surface area contributed by atoms with Gasteiger partial charge in [-0.05, 0) is 13.3 Å². The second-order valence-electron chi connectivity index (χ2n) is 4.25. The van der Waals surface area contributed by atoms with Crippen molar-refractivity contribution in [2.45, 2.75) is 51.0 Å². The molecule has 5 nitrogen and oxygen atoms in total. The molecule has 0 radical (unpaired) electrons. The highest BCUT2D eigenvalue weighted by Crippen LogP contribution is 2.19. The maximum atomic E-state index is 12.0. The van der Waals surface area contributed by atoms with E-state index in [1.807, 2.05) is 0 Å². The molecule has 0 amide bonds. The number of hydrogen-bond donors (Lipinski definition) is 2. The SMILES string of the molecule is CCCCCCNS(=O)(=O)c1cc(CO)oc1C. The Bertz CT molecular complexity index is 464. The van der Waals surface area contributed by atoms with E-state index < -0.39 is 10.0 Å². The molecule has 6 heteroatoms. The third kappa shape index (κ3) is 4.12. The number of aliphatic hydroxyl groups excluding tert-OH is 1. The monoisotopic (exact) mass is 275 g/mol. The van der Waals surface area contributed by atoms with Gasteiger partial charge in [-0.15, -0.1) is 0 Å². The van der Waals surface area contributed by atoms with Gasteiger partial charge in [0.05, 0.1) is 0 Å². The fourth-order valence-electron chi connectivity index (χ4n) is 1.71. The van der Waals surface area contributed by atoms with Crippen LogP contribution in [-0.4, -0.2) is 20.1 Å². The first-order valence-corrected chi connectivity index (χ1v) is 7.69. The highest BCUT2D eigenvalue weighted by atomic mass is 32.2. The first-order valence-electron chi connectivity index (χ1n) is 6.21. The molecule has 18 heavy (non-hydrogen) atoms. The van der Waals surface area contributed by atoms with Crippen LogP contribution in [0.3, 0.4) is 0 Å². The van der Waals surface area contributed by atoms with Crippen LogP contribution in [0.15, 0.2) is 15.4 Å². The van der Waals surface area contributed by atoms with Crippen molar-refractivity contribution in [2.75, 3.05) is 6.54 Å². The molecule has 2 N–H and O–H groups in total. The minimum Gasteiger partial charge on any atom is -0.462 e. The molecule has 104 valence electrons. The van der Waals surface area contributed by atoms with Gasteiger partial charge >= 0.3 is 0 Å². The largest absolute Gasteiger partial charge is 0.462 e. The van der Waals surface area contributed by atoms with Crippen molar-refractivity contribution in [1.29, 1.82) is 0 Å². The molecule has 0 aromatic carbocycles. The quantitative estimate of drug-likeness (QED) is 0.711. The molecule has 0 aliphatic carbocycles. The standard InChI is InChI=1S/C12H21NO4S/c1-3-4-5-6-7-13-18(15,16)12-8-11(9-14)17-10(12)2/h8,13-14H,3-7,9H2,1-2H3. The molecule has 0 spiro atoms. The Hall–Kier alpha value is -0.850. The molecule has 1 aromatic heterocycles. The zero-order valence-electron chi connectivity index (χ0n) is 10.9.